The van der Waals surface area contributed by atoms with Crippen molar-refractivity contribution in [2.24, 2.45) is 0 Å². The lowest BCUT2D eigenvalue weighted by atomic mass is 10.1. The van der Waals surface area contributed by atoms with E-state index in [1.54, 1.807) is 48.5 Å². The summed E-state index contributed by atoms with van der Waals surface area (Å²) in [7, 11) is 0. The van der Waals surface area contributed by atoms with Gasteiger partial charge in [0, 0.05) is 49.5 Å². The van der Waals surface area contributed by atoms with Crippen molar-refractivity contribution >= 4 is 52.6 Å². The summed E-state index contributed by atoms with van der Waals surface area (Å²) in [5.74, 6) is 0.531. The number of ketones is 1. The first-order chi connectivity index (χ1) is 18.7. The highest BCUT2D eigenvalue weighted by Gasteiger charge is 2.11. The fraction of sp³-hybridized carbons (Fsp3) is 0.143. The molecule has 0 saturated heterocycles. The molecule has 4 rings (SSSR count). The molecule has 0 aliphatic rings. The van der Waals surface area contributed by atoms with E-state index in [4.69, 9.17) is 9.47 Å². The molecule has 0 saturated carbocycles. The lowest BCUT2D eigenvalue weighted by Crippen LogP contribution is -2.08. The number of nitrogens with one attached hydrogen (secondary N) is 3. The summed E-state index contributed by atoms with van der Waals surface area (Å²) >= 11 is 0. The summed E-state index contributed by atoms with van der Waals surface area (Å²) in [6.45, 7) is 4.18. The number of benzene rings is 3. The van der Waals surface area contributed by atoms with Crippen LogP contribution in [0.2, 0.25) is 0 Å². The van der Waals surface area contributed by atoms with Gasteiger partial charge < -0.3 is 25.4 Å². The van der Waals surface area contributed by atoms with E-state index in [2.05, 4.69) is 30.9 Å². The number of rotatable bonds is 10. The molecule has 0 fully saturated rings. The van der Waals surface area contributed by atoms with Crippen molar-refractivity contribution in [2.45, 2.75) is 27.2 Å². The van der Waals surface area contributed by atoms with Crippen molar-refractivity contribution in [3.8, 4) is 11.5 Å². The number of hydrogen-bond acceptors (Lipinski definition) is 11. The lowest BCUT2D eigenvalue weighted by Gasteiger charge is -2.13. The summed E-state index contributed by atoms with van der Waals surface area (Å²) in [6.07, 6.45) is 0.309. The van der Waals surface area contributed by atoms with Crippen LogP contribution in [0.1, 0.15) is 26.3 Å². The monoisotopic (exact) mass is 526 g/mol. The SMILES string of the molecule is CC(=O)Cc1cccc(Nc2nc(Nc3cccc(OC(C)=O)c3)nc(Nc3cccc(OC(C)=O)c3)n2)c1. The molecule has 4 aromatic rings. The topological polar surface area (TPSA) is 144 Å². The maximum Gasteiger partial charge on any atom is 0.308 e. The second kappa shape index (κ2) is 12.3. The van der Waals surface area contributed by atoms with Gasteiger partial charge in [-0.15, -0.1) is 0 Å². The van der Waals surface area contributed by atoms with Crippen molar-refractivity contribution in [3.63, 3.8) is 0 Å². The minimum absolute atomic E-state index is 0.0530. The van der Waals surface area contributed by atoms with Crippen LogP contribution in [-0.2, 0) is 20.8 Å². The number of carbonyl (C=O) groups excluding carboxylic acids is 3. The second-order valence-corrected chi connectivity index (χ2v) is 8.50. The summed E-state index contributed by atoms with van der Waals surface area (Å²) in [5.41, 5.74) is 2.70. The minimum Gasteiger partial charge on any atom is -0.427 e. The zero-order valence-electron chi connectivity index (χ0n) is 21.5. The van der Waals surface area contributed by atoms with Gasteiger partial charge in [-0.1, -0.05) is 24.3 Å². The molecule has 0 spiro atoms. The van der Waals surface area contributed by atoms with Crippen molar-refractivity contribution in [2.75, 3.05) is 16.0 Å². The van der Waals surface area contributed by atoms with Crippen molar-refractivity contribution in [3.05, 3.63) is 78.4 Å². The summed E-state index contributed by atoms with van der Waals surface area (Å²) in [4.78, 5) is 47.7. The maximum atomic E-state index is 11.6. The molecule has 1 aromatic heterocycles. The zero-order valence-corrected chi connectivity index (χ0v) is 21.5. The number of carbonyl (C=O) groups is 3. The van der Waals surface area contributed by atoms with E-state index in [1.165, 1.54) is 20.8 Å². The van der Waals surface area contributed by atoms with E-state index in [1.807, 2.05) is 24.3 Å². The Kier molecular flexibility index (Phi) is 8.42. The van der Waals surface area contributed by atoms with Crippen LogP contribution in [0.4, 0.5) is 34.9 Å². The molecule has 3 N–H and O–H groups in total. The van der Waals surface area contributed by atoms with Gasteiger partial charge in [-0.05, 0) is 48.9 Å². The number of Topliss-reactive ketones (excluding diaryl/α,β-unsaturated/α-hetero) is 1. The Labute approximate surface area is 224 Å². The quantitative estimate of drug-likeness (QED) is 0.188. The minimum atomic E-state index is -0.437. The van der Waals surface area contributed by atoms with E-state index < -0.39 is 11.9 Å². The third-order valence-electron chi connectivity index (χ3n) is 4.98. The average Bonchev–Trinajstić information content (AvgIpc) is 2.83. The highest BCUT2D eigenvalue weighted by atomic mass is 16.5. The van der Waals surface area contributed by atoms with Gasteiger partial charge in [-0.25, -0.2) is 0 Å². The van der Waals surface area contributed by atoms with E-state index in [0.29, 0.717) is 35.0 Å². The molecule has 0 radical (unpaired) electrons. The summed E-state index contributed by atoms with van der Waals surface area (Å²) < 4.78 is 10.3. The molecule has 3 aromatic carbocycles. The number of hydrogen-bond donors (Lipinski definition) is 3. The van der Waals surface area contributed by atoms with E-state index in [-0.39, 0.29) is 23.6 Å². The van der Waals surface area contributed by atoms with Crippen molar-refractivity contribution in [1.29, 1.82) is 0 Å². The lowest BCUT2D eigenvalue weighted by molar-refractivity contribution is -0.132. The van der Waals surface area contributed by atoms with Gasteiger partial charge in [0.15, 0.2) is 0 Å². The summed E-state index contributed by atoms with van der Waals surface area (Å²) in [5, 5.41) is 9.35. The first-order valence-corrected chi connectivity index (χ1v) is 11.9. The standard InChI is InChI=1S/C28H26N6O5/c1-17(35)13-20-7-4-8-21(14-20)29-26-32-27(30-22-9-5-11-24(15-22)38-18(2)36)34-28(33-26)31-23-10-6-12-25(16-23)39-19(3)37/h4-12,14-16H,13H2,1-3H3,(H3,29,30,31,32,33,34). The molecule has 11 nitrogen and oxygen atoms in total. The Morgan fingerprint density at radius 3 is 1.44 bits per heavy atom. The number of anilines is 6. The maximum absolute atomic E-state index is 11.6. The number of nitrogens with zero attached hydrogens (tertiary/aromatic N) is 3. The predicted molar refractivity (Wildman–Crippen MR) is 146 cm³/mol. The fourth-order valence-electron chi connectivity index (χ4n) is 3.58. The van der Waals surface area contributed by atoms with Gasteiger partial charge in [0.2, 0.25) is 17.8 Å². The van der Waals surface area contributed by atoms with Crippen LogP contribution in [0.3, 0.4) is 0 Å². The third kappa shape index (κ3) is 8.35. The zero-order chi connectivity index (χ0) is 27.8. The van der Waals surface area contributed by atoms with E-state index in [9.17, 15) is 14.4 Å². The van der Waals surface area contributed by atoms with Crippen LogP contribution in [-0.4, -0.2) is 32.7 Å². The Bertz CT molecular complexity index is 1330. The summed E-state index contributed by atoms with van der Waals surface area (Å²) in [6, 6.07) is 21.0. The molecule has 1 heterocycles. The Hall–Kier alpha value is -5.32. The molecule has 39 heavy (non-hydrogen) atoms. The average molecular weight is 527 g/mol. The smallest absolute Gasteiger partial charge is 0.308 e. The van der Waals surface area contributed by atoms with Gasteiger partial charge in [-0.2, -0.15) is 15.0 Å². The normalized spacial score (nSPS) is 10.3. The molecule has 0 amide bonds. The van der Waals surface area contributed by atoms with Gasteiger partial charge in [0.25, 0.3) is 0 Å². The Morgan fingerprint density at radius 1 is 0.615 bits per heavy atom. The molecule has 0 unspecified atom stereocenters. The predicted octanol–water partition coefficient (Wildman–Crippen LogP) is 5.08. The molecule has 0 aliphatic heterocycles. The van der Waals surface area contributed by atoms with E-state index in [0.717, 1.165) is 5.56 Å². The molecule has 0 atom stereocenters. The van der Waals surface area contributed by atoms with Gasteiger partial charge in [0.05, 0.1) is 0 Å². The van der Waals surface area contributed by atoms with Crippen LogP contribution in [0.15, 0.2) is 72.8 Å². The van der Waals surface area contributed by atoms with E-state index >= 15 is 0 Å². The first kappa shape index (κ1) is 26.7. The molecule has 198 valence electrons. The number of esters is 2. The van der Waals surface area contributed by atoms with Crippen LogP contribution in [0, 0.1) is 0 Å². The number of ether oxygens (including phenoxy) is 2. The van der Waals surface area contributed by atoms with Gasteiger partial charge in [-0.3, -0.25) is 14.4 Å². The van der Waals surface area contributed by atoms with Gasteiger partial charge in [0.1, 0.15) is 17.3 Å². The Balaban J connectivity index is 1.65. The van der Waals surface area contributed by atoms with Crippen LogP contribution >= 0.6 is 0 Å². The van der Waals surface area contributed by atoms with Crippen molar-refractivity contribution in [1.82, 2.24) is 15.0 Å². The molecule has 0 bridgehead atoms. The van der Waals surface area contributed by atoms with Crippen molar-refractivity contribution < 1.29 is 23.9 Å². The molecule has 0 aliphatic carbocycles. The van der Waals surface area contributed by atoms with Crippen LogP contribution in [0.25, 0.3) is 0 Å². The second-order valence-electron chi connectivity index (χ2n) is 8.50. The van der Waals surface area contributed by atoms with Gasteiger partial charge >= 0.3 is 11.9 Å². The molecule has 11 heteroatoms. The highest BCUT2D eigenvalue weighted by molar-refractivity contribution is 5.78. The molecular formula is C28H26N6O5. The first-order valence-electron chi connectivity index (χ1n) is 11.9. The highest BCUT2D eigenvalue weighted by Crippen LogP contribution is 2.25. The Morgan fingerprint density at radius 2 is 1.03 bits per heavy atom. The molecular weight excluding hydrogens is 500 g/mol. The number of aromatic nitrogens is 3. The third-order valence-corrected chi connectivity index (χ3v) is 4.98. The van der Waals surface area contributed by atoms with Crippen LogP contribution in [0.5, 0.6) is 11.5 Å². The largest absolute Gasteiger partial charge is 0.427 e. The van der Waals surface area contributed by atoms with Crippen LogP contribution < -0.4 is 25.4 Å². The fourth-order valence-corrected chi connectivity index (χ4v) is 3.58.